The Morgan fingerprint density at radius 2 is 2.12 bits per heavy atom. The third-order valence-corrected chi connectivity index (χ3v) is 4.65. The van der Waals surface area contributed by atoms with Crippen LogP contribution in [0.5, 0.6) is 5.75 Å². The summed E-state index contributed by atoms with van der Waals surface area (Å²) < 4.78 is 5.95. The summed E-state index contributed by atoms with van der Waals surface area (Å²) in [5, 5.41) is 6.52. The number of guanidine groups is 1. The maximum atomic E-state index is 5.95. The van der Waals surface area contributed by atoms with Crippen LogP contribution in [-0.2, 0) is 6.54 Å². The number of aromatic nitrogens is 1. The van der Waals surface area contributed by atoms with E-state index in [-0.39, 0.29) is 0 Å². The van der Waals surface area contributed by atoms with E-state index in [1.807, 2.05) is 26.1 Å². The molecule has 1 heterocycles. The van der Waals surface area contributed by atoms with Gasteiger partial charge in [0, 0.05) is 19.5 Å². The third-order valence-electron chi connectivity index (χ3n) is 3.82. The molecule has 1 aromatic carbocycles. The van der Waals surface area contributed by atoms with Crippen LogP contribution in [0.3, 0.4) is 0 Å². The molecule has 1 aromatic heterocycles. The van der Waals surface area contributed by atoms with Gasteiger partial charge in [0.2, 0.25) is 0 Å². The number of nitrogens with zero attached hydrogens (tertiary/aromatic N) is 3. The van der Waals surface area contributed by atoms with Gasteiger partial charge in [-0.05, 0) is 24.5 Å². The molecule has 0 unspecified atom stereocenters. The van der Waals surface area contributed by atoms with E-state index < -0.39 is 0 Å². The van der Waals surface area contributed by atoms with Crippen LogP contribution in [0.4, 0.5) is 0 Å². The Balaban J connectivity index is 1.81. The van der Waals surface area contributed by atoms with Gasteiger partial charge in [0.15, 0.2) is 5.96 Å². The Morgan fingerprint density at radius 1 is 1.36 bits per heavy atom. The molecule has 1 N–H and O–H groups in total. The molecule has 0 saturated carbocycles. The van der Waals surface area contributed by atoms with E-state index in [0.29, 0.717) is 19.1 Å². The van der Waals surface area contributed by atoms with Gasteiger partial charge in [-0.2, -0.15) is 0 Å². The summed E-state index contributed by atoms with van der Waals surface area (Å²) in [7, 11) is 3.80. The van der Waals surface area contributed by atoms with Gasteiger partial charge in [-0.1, -0.05) is 32.0 Å². The fourth-order valence-electron chi connectivity index (χ4n) is 2.60. The maximum Gasteiger partial charge on any atom is 0.193 e. The summed E-state index contributed by atoms with van der Waals surface area (Å²) in [4.78, 5) is 10.9. The van der Waals surface area contributed by atoms with Crippen LogP contribution in [0, 0.1) is 6.92 Å². The molecule has 0 aliphatic rings. The molecule has 0 atom stereocenters. The lowest BCUT2D eigenvalue weighted by Gasteiger charge is -2.21. The van der Waals surface area contributed by atoms with E-state index in [1.165, 1.54) is 5.56 Å². The number of para-hydroxylation sites is 1. The van der Waals surface area contributed by atoms with Crippen molar-refractivity contribution in [1.29, 1.82) is 0 Å². The van der Waals surface area contributed by atoms with Gasteiger partial charge < -0.3 is 15.0 Å². The Bertz CT molecular complexity index is 696. The summed E-state index contributed by atoms with van der Waals surface area (Å²) in [6.45, 7) is 8.40. The van der Waals surface area contributed by atoms with Crippen molar-refractivity contribution in [1.82, 2.24) is 15.2 Å². The summed E-state index contributed by atoms with van der Waals surface area (Å²) in [6, 6.07) is 8.21. The number of thiazole rings is 1. The van der Waals surface area contributed by atoms with Crippen molar-refractivity contribution in [2.45, 2.75) is 33.2 Å². The van der Waals surface area contributed by atoms with Crippen LogP contribution < -0.4 is 10.1 Å². The van der Waals surface area contributed by atoms with E-state index in [9.17, 15) is 0 Å². The van der Waals surface area contributed by atoms with Crippen molar-refractivity contribution in [3.8, 4) is 5.75 Å². The SMILES string of the molecule is CN=C(NCCOc1ccccc1C(C)C)N(C)Cc1csc(C)n1. The minimum absolute atomic E-state index is 0.449. The molecular formula is C19H28N4OS. The molecule has 0 aliphatic carbocycles. The first-order valence-electron chi connectivity index (χ1n) is 8.55. The summed E-state index contributed by atoms with van der Waals surface area (Å²) in [5.74, 6) is 2.25. The van der Waals surface area contributed by atoms with Crippen LogP contribution in [0.1, 0.15) is 36.0 Å². The van der Waals surface area contributed by atoms with Crippen molar-refractivity contribution >= 4 is 17.3 Å². The molecule has 2 rings (SSSR count). The molecule has 0 bridgehead atoms. The van der Waals surface area contributed by atoms with Gasteiger partial charge >= 0.3 is 0 Å². The molecule has 0 fully saturated rings. The van der Waals surface area contributed by atoms with E-state index >= 15 is 0 Å². The lowest BCUT2D eigenvalue weighted by atomic mass is 10.0. The van der Waals surface area contributed by atoms with E-state index in [1.54, 1.807) is 18.4 Å². The highest BCUT2D eigenvalue weighted by Crippen LogP contribution is 2.25. The number of hydrogen-bond donors (Lipinski definition) is 1. The number of benzene rings is 1. The van der Waals surface area contributed by atoms with Crippen LogP contribution in [0.15, 0.2) is 34.6 Å². The normalized spacial score (nSPS) is 11.7. The number of aryl methyl sites for hydroxylation is 1. The zero-order valence-corrected chi connectivity index (χ0v) is 16.6. The first-order valence-corrected chi connectivity index (χ1v) is 9.43. The van der Waals surface area contributed by atoms with Gasteiger partial charge in [-0.25, -0.2) is 4.98 Å². The van der Waals surface area contributed by atoms with Crippen molar-refractivity contribution in [2.75, 3.05) is 27.2 Å². The highest BCUT2D eigenvalue weighted by molar-refractivity contribution is 7.09. The van der Waals surface area contributed by atoms with Gasteiger partial charge in [0.1, 0.15) is 12.4 Å². The molecule has 2 aromatic rings. The second-order valence-corrected chi connectivity index (χ2v) is 7.29. The lowest BCUT2D eigenvalue weighted by molar-refractivity contribution is 0.315. The van der Waals surface area contributed by atoms with Crippen molar-refractivity contribution in [2.24, 2.45) is 4.99 Å². The van der Waals surface area contributed by atoms with Crippen LogP contribution in [-0.4, -0.2) is 43.1 Å². The maximum absolute atomic E-state index is 5.95. The first-order chi connectivity index (χ1) is 12.0. The average molecular weight is 361 g/mol. The smallest absolute Gasteiger partial charge is 0.193 e. The monoisotopic (exact) mass is 360 g/mol. The molecule has 136 valence electrons. The average Bonchev–Trinajstić information content (AvgIpc) is 2.99. The lowest BCUT2D eigenvalue weighted by Crippen LogP contribution is -2.40. The quantitative estimate of drug-likeness (QED) is 0.465. The number of rotatable bonds is 7. The predicted molar refractivity (Wildman–Crippen MR) is 106 cm³/mol. The first kappa shape index (κ1) is 19.2. The van der Waals surface area contributed by atoms with Crippen molar-refractivity contribution in [3.63, 3.8) is 0 Å². The molecule has 5 nitrogen and oxygen atoms in total. The van der Waals surface area contributed by atoms with Crippen LogP contribution in [0.2, 0.25) is 0 Å². The Morgan fingerprint density at radius 3 is 2.76 bits per heavy atom. The minimum Gasteiger partial charge on any atom is -0.491 e. The van der Waals surface area contributed by atoms with E-state index in [0.717, 1.165) is 29.0 Å². The topological polar surface area (TPSA) is 49.8 Å². The van der Waals surface area contributed by atoms with E-state index in [4.69, 9.17) is 4.74 Å². The van der Waals surface area contributed by atoms with Gasteiger partial charge in [-0.3, -0.25) is 4.99 Å². The fourth-order valence-corrected chi connectivity index (χ4v) is 3.20. The van der Waals surface area contributed by atoms with E-state index in [2.05, 4.69) is 51.6 Å². The molecule has 0 radical (unpaired) electrons. The third kappa shape index (κ3) is 5.74. The summed E-state index contributed by atoms with van der Waals surface area (Å²) in [6.07, 6.45) is 0. The second-order valence-electron chi connectivity index (χ2n) is 6.23. The van der Waals surface area contributed by atoms with Crippen molar-refractivity contribution < 1.29 is 4.74 Å². The minimum atomic E-state index is 0.449. The van der Waals surface area contributed by atoms with Gasteiger partial charge in [0.05, 0.1) is 23.8 Å². The molecular weight excluding hydrogens is 332 g/mol. The highest BCUT2D eigenvalue weighted by Gasteiger charge is 2.09. The number of aliphatic imine (C=N–C) groups is 1. The molecule has 0 saturated heterocycles. The van der Waals surface area contributed by atoms with Gasteiger partial charge in [0.25, 0.3) is 0 Å². The molecule has 0 aliphatic heterocycles. The number of nitrogens with one attached hydrogen (secondary N) is 1. The van der Waals surface area contributed by atoms with Gasteiger partial charge in [-0.15, -0.1) is 11.3 Å². The molecule has 6 heteroatoms. The largest absolute Gasteiger partial charge is 0.491 e. The van der Waals surface area contributed by atoms with Crippen LogP contribution in [0.25, 0.3) is 0 Å². The fraction of sp³-hybridized carbons (Fsp3) is 0.474. The zero-order chi connectivity index (χ0) is 18.2. The number of hydrogen-bond acceptors (Lipinski definition) is 4. The zero-order valence-electron chi connectivity index (χ0n) is 15.7. The molecule has 0 spiro atoms. The second kappa shape index (κ2) is 9.42. The Labute approximate surface area is 154 Å². The predicted octanol–water partition coefficient (Wildman–Crippen LogP) is 3.66. The standard InChI is InChI=1S/C19H28N4OS/c1-14(2)17-8-6-7-9-18(17)24-11-10-21-19(20-4)23(5)12-16-13-25-15(3)22-16/h6-9,13-14H,10-12H2,1-5H3,(H,20,21). The summed E-state index contributed by atoms with van der Waals surface area (Å²) in [5.41, 5.74) is 2.30. The molecule has 0 amide bonds. The Kier molecular flexibility index (Phi) is 7.25. The van der Waals surface area contributed by atoms with Crippen molar-refractivity contribution in [3.05, 3.63) is 45.9 Å². The molecule has 25 heavy (non-hydrogen) atoms. The Hall–Kier alpha value is -2.08. The highest BCUT2D eigenvalue weighted by atomic mass is 32.1. The summed E-state index contributed by atoms with van der Waals surface area (Å²) >= 11 is 1.67. The number of ether oxygens (including phenoxy) is 1. The van der Waals surface area contributed by atoms with Crippen LogP contribution >= 0.6 is 11.3 Å².